The van der Waals surface area contributed by atoms with Crippen LogP contribution < -0.4 is 5.32 Å². The fourth-order valence-electron chi connectivity index (χ4n) is 2.08. The summed E-state index contributed by atoms with van der Waals surface area (Å²) in [5, 5.41) is 2.49. The fraction of sp³-hybridized carbons (Fsp3) is 0.500. The van der Waals surface area contributed by atoms with Crippen LogP contribution >= 0.6 is 0 Å². The fourth-order valence-corrected chi connectivity index (χ4v) is 2.08. The Morgan fingerprint density at radius 1 is 1.00 bits per heavy atom. The van der Waals surface area contributed by atoms with Gasteiger partial charge in [0.1, 0.15) is 12.6 Å². The monoisotopic (exact) mass is 351 g/mol. The SMILES string of the molecule is CCOC(=O)CCCC(NC(=O)OCc1ccccc1)C(=O)OCC. The van der Waals surface area contributed by atoms with Crippen molar-refractivity contribution in [2.45, 2.75) is 45.8 Å². The van der Waals surface area contributed by atoms with E-state index in [1.165, 1.54) is 0 Å². The van der Waals surface area contributed by atoms with E-state index in [0.717, 1.165) is 5.56 Å². The number of nitrogens with one attached hydrogen (secondary N) is 1. The molecule has 138 valence electrons. The Morgan fingerprint density at radius 3 is 2.32 bits per heavy atom. The lowest BCUT2D eigenvalue weighted by atomic mass is 10.1. The maximum Gasteiger partial charge on any atom is 0.408 e. The van der Waals surface area contributed by atoms with Crippen LogP contribution in [0.3, 0.4) is 0 Å². The van der Waals surface area contributed by atoms with Gasteiger partial charge in [-0.3, -0.25) is 4.79 Å². The van der Waals surface area contributed by atoms with Crippen LogP contribution in [0, 0.1) is 0 Å². The first kappa shape index (κ1) is 20.5. The van der Waals surface area contributed by atoms with E-state index >= 15 is 0 Å². The number of amides is 1. The molecule has 0 fully saturated rings. The van der Waals surface area contributed by atoms with Crippen LogP contribution in [0.5, 0.6) is 0 Å². The van der Waals surface area contributed by atoms with Gasteiger partial charge in [-0.05, 0) is 32.3 Å². The normalized spacial score (nSPS) is 11.3. The van der Waals surface area contributed by atoms with E-state index in [1.807, 2.05) is 30.3 Å². The van der Waals surface area contributed by atoms with Gasteiger partial charge in [-0.2, -0.15) is 0 Å². The van der Waals surface area contributed by atoms with Crippen molar-refractivity contribution >= 4 is 18.0 Å². The summed E-state index contributed by atoms with van der Waals surface area (Å²) in [7, 11) is 0. The minimum Gasteiger partial charge on any atom is -0.466 e. The quantitative estimate of drug-likeness (QED) is 0.515. The second-order valence-electron chi connectivity index (χ2n) is 5.21. The van der Waals surface area contributed by atoms with Crippen LogP contribution in [0.4, 0.5) is 4.79 Å². The van der Waals surface area contributed by atoms with Gasteiger partial charge in [0.05, 0.1) is 13.2 Å². The number of ether oxygens (including phenoxy) is 3. The molecule has 1 atom stereocenters. The number of hydrogen-bond acceptors (Lipinski definition) is 6. The Balaban J connectivity index is 2.47. The van der Waals surface area contributed by atoms with Crippen LogP contribution in [0.25, 0.3) is 0 Å². The van der Waals surface area contributed by atoms with Crippen LogP contribution in [0.2, 0.25) is 0 Å². The molecular weight excluding hydrogens is 326 g/mol. The van der Waals surface area contributed by atoms with Gasteiger partial charge in [0.2, 0.25) is 0 Å². The van der Waals surface area contributed by atoms with Gasteiger partial charge in [0.15, 0.2) is 0 Å². The zero-order chi connectivity index (χ0) is 18.5. The largest absolute Gasteiger partial charge is 0.466 e. The summed E-state index contributed by atoms with van der Waals surface area (Å²) in [6.07, 6.45) is 0.113. The van der Waals surface area contributed by atoms with E-state index in [4.69, 9.17) is 14.2 Å². The molecule has 0 bridgehead atoms. The molecule has 1 N–H and O–H groups in total. The lowest BCUT2D eigenvalue weighted by Crippen LogP contribution is -2.42. The Hall–Kier alpha value is -2.57. The van der Waals surface area contributed by atoms with Crippen molar-refractivity contribution in [1.82, 2.24) is 5.32 Å². The molecule has 0 aliphatic carbocycles. The molecule has 7 nitrogen and oxygen atoms in total. The number of rotatable bonds is 10. The van der Waals surface area contributed by atoms with Crippen molar-refractivity contribution in [2.75, 3.05) is 13.2 Å². The molecule has 25 heavy (non-hydrogen) atoms. The van der Waals surface area contributed by atoms with Gasteiger partial charge in [-0.1, -0.05) is 30.3 Å². The number of hydrogen-bond donors (Lipinski definition) is 1. The van der Waals surface area contributed by atoms with Crippen molar-refractivity contribution in [3.8, 4) is 0 Å². The zero-order valence-corrected chi connectivity index (χ0v) is 14.7. The highest BCUT2D eigenvalue weighted by molar-refractivity contribution is 5.81. The maximum absolute atomic E-state index is 11.9. The molecule has 0 spiro atoms. The van der Waals surface area contributed by atoms with Crippen LogP contribution in [-0.4, -0.2) is 37.3 Å². The summed E-state index contributed by atoms with van der Waals surface area (Å²) >= 11 is 0. The van der Waals surface area contributed by atoms with Crippen molar-refractivity contribution < 1.29 is 28.6 Å². The Morgan fingerprint density at radius 2 is 1.68 bits per heavy atom. The summed E-state index contributed by atoms with van der Waals surface area (Å²) in [4.78, 5) is 35.2. The molecule has 0 aromatic heterocycles. The standard InChI is InChI=1S/C18H25NO6/c1-3-23-16(20)12-8-11-15(17(21)24-4-2)19-18(22)25-13-14-9-6-5-7-10-14/h5-7,9-10,15H,3-4,8,11-13H2,1-2H3,(H,19,22). The Kier molecular flexibility index (Phi) is 9.74. The van der Waals surface area contributed by atoms with E-state index in [2.05, 4.69) is 5.32 Å². The topological polar surface area (TPSA) is 90.9 Å². The third kappa shape index (κ3) is 8.74. The number of esters is 2. The van der Waals surface area contributed by atoms with Crippen molar-refractivity contribution in [3.05, 3.63) is 35.9 Å². The summed E-state index contributed by atoms with van der Waals surface area (Å²) in [6, 6.07) is 8.34. The third-order valence-corrected chi connectivity index (χ3v) is 3.25. The van der Waals surface area contributed by atoms with Gasteiger partial charge in [0.25, 0.3) is 0 Å². The van der Waals surface area contributed by atoms with Gasteiger partial charge < -0.3 is 19.5 Å². The maximum atomic E-state index is 11.9. The lowest BCUT2D eigenvalue weighted by molar-refractivity contribution is -0.147. The average Bonchev–Trinajstić information content (AvgIpc) is 2.60. The molecule has 0 heterocycles. The lowest BCUT2D eigenvalue weighted by Gasteiger charge is -2.17. The second kappa shape index (κ2) is 11.9. The molecule has 1 aromatic carbocycles. The molecule has 7 heteroatoms. The minimum atomic E-state index is -0.863. The highest BCUT2D eigenvalue weighted by atomic mass is 16.6. The number of benzene rings is 1. The molecule has 0 aliphatic heterocycles. The average molecular weight is 351 g/mol. The van der Waals surface area contributed by atoms with Crippen molar-refractivity contribution in [1.29, 1.82) is 0 Å². The van der Waals surface area contributed by atoms with Gasteiger partial charge in [-0.15, -0.1) is 0 Å². The summed E-state index contributed by atoms with van der Waals surface area (Å²) in [5.74, 6) is -0.889. The van der Waals surface area contributed by atoms with E-state index < -0.39 is 18.1 Å². The first-order valence-corrected chi connectivity index (χ1v) is 8.36. The van der Waals surface area contributed by atoms with Crippen LogP contribution in [0.1, 0.15) is 38.7 Å². The molecule has 0 aliphatic rings. The van der Waals surface area contributed by atoms with Crippen LogP contribution in [-0.2, 0) is 30.4 Å². The highest BCUT2D eigenvalue weighted by Crippen LogP contribution is 2.06. The van der Waals surface area contributed by atoms with Crippen LogP contribution in [0.15, 0.2) is 30.3 Å². The number of carbonyl (C=O) groups excluding carboxylic acids is 3. The third-order valence-electron chi connectivity index (χ3n) is 3.25. The van der Waals surface area contributed by atoms with E-state index in [9.17, 15) is 14.4 Å². The van der Waals surface area contributed by atoms with E-state index in [1.54, 1.807) is 13.8 Å². The molecule has 0 radical (unpaired) electrons. The smallest absolute Gasteiger partial charge is 0.408 e. The Bertz CT molecular complexity index is 546. The molecule has 0 saturated heterocycles. The minimum absolute atomic E-state index is 0.102. The molecule has 1 amide bonds. The van der Waals surface area contributed by atoms with Gasteiger partial charge >= 0.3 is 18.0 Å². The van der Waals surface area contributed by atoms with Crippen molar-refractivity contribution in [3.63, 3.8) is 0 Å². The van der Waals surface area contributed by atoms with E-state index in [0.29, 0.717) is 13.0 Å². The van der Waals surface area contributed by atoms with Gasteiger partial charge in [0, 0.05) is 6.42 Å². The number of alkyl carbamates (subject to hydrolysis) is 1. The molecule has 0 saturated carbocycles. The second-order valence-corrected chi connectivity index (χ2v) is 5.21. The molecule has 1 aromatic rings. The zero-order valence-electron chi connectivity index (χ0n) is 14.7. The Labute approximate surface area is 147 Å². The molecule has 1 unspecified atom stereocenters. The first-order valence-electron chi connectivity index (χ1n) is 8.36. The molecular formula is C18H25NO6. The first-order chi connectivity index (χ1) is 12.1. The summed E-state index contributed by atoms with van der Waals surface area (Å²) in [5.41, 5.74) is 0.840. The van der Waals surface area contributed by atoms with Gasteiger partial charge in [-0.25, -0.2) is 9.59 Å². The predicted octanol–water partition coefficient (Wildman–Crippen LogP) is 2.58. The van der Waals surface area contributed by atoms with Crippen molar-refractivity contribution in [2.24, 2.45) is 0 Å². The van der Waals surface area contributed by atoms with E-state index in [-0.39, 0.29) is 32.0 Å². The predicted molar refractivity (Wildman–Crippen MR) is 90.7 cm³/mol. The summed E-state index contributed by atoms with van der Waals surface area (Å²) in [6.45, 7) is 4.02. The number of carbonyl (C=O) groups is 3. The highest BCUT2D eigenvalue weighted by Gasteiger charge is 2.23. The summed E-state index contributed by atoms with van der Waals surface area (Å²) < 4.78 is 14.9. The molecule has 1 rings (SSSR count).